The molecule has 0 aliphatic rings. The zero-order valence-electron chi connectivity index (χ0n) is 23.4. The Balaban J connectivity index is 0.000000704. The molecule has 3 heteroatoms. The maximum atomic E-state index is 4.40. The fourth-order valence-corrected chi connectivity index (χ4v) is 3.89. The Morgan fingerprint density at radius 1 is 1.09 bits per heavy atom. The Hall–Kier alpha value is -1.97. The van der Waals surface area contributed by atoms with E-state index < -0.39 is 0 Å². The number of benzene rings is 1. The number of fused-ring (bicyclic) bond motifs is 1. The number of thiazole rings is 1. The molecule has 1 heterocycles. The molecule has 0 aliphatic carbocycles. The molecule has 1 unspecified atom stereocenters. The van der Waals surface area contributed by atoms with E-state index in [0.29, 0.717) is 6.04 Å². The van der Waals surface area contributed by atoms with Gasteiger partial charge in [-0.1, -0.05) is 89.5 Å². The van der Waals surface area contributed by atoms with Crippen molar-refractivity contribution in [1.29, 1.82) is 0 Å². The molecule has 0 radical (unpaired) electrons. The summed E-state index contributed by atoms with van der Waals surface area (Å²) in [6, 6.07) is 7.03. The third-order valence-corrected chi connectivity index (χ3v) is 6.40. The van der Waals surface area contributed by atoms with E-state index in [1.807, 2.05) is 18.5 Å². The van der Waals surface area contributed by atoms with Crippen LogP contribution in [0.25, 0.3) is 15.8 Å². The van der Waals surface area contributed by atoms with Crippen molar-refractivity contribution in [3.8, 4) is 0 Å². The quantitative estimate of drug-likeness (QED) is 0.269. The molecule has 34 heavy (non-hydrogen) atoms. The topological polar surface area (TPSA) is 24.9 Å². The molecule has 0 fully saturated rings. The molecule has 0 spiro atoms. The van der Waals surface area contributed by atoms with Crippen LogP contribution in [0.2, 0.25) is 0 Å². The first-order chi connectivity index (χ1) is 16.2. The zero-order chi connectivity index (χ0) is 25.9. The molecule has 1 atom stereocenters. The van der Waals surface area contributed by atoms with Crippen LogP contribution in [-0.2, 0) is 0 Å². The third-order valence-electron chi connectivity index (χ3n) is 5.53. The molecule has 2 aromatic rings. The maximum Gasteiger partial charge on any atom is 0.0818 e. The van der Waals surface area contributed by atoms with Gasteiger partial charge in [-0.15, -0.1) is 11.3 Å². The standard InChI is InChI=1S/C19H21NS.C9H21N.C3H8/c1-13(2)8-6-9-14(3)15(4)16(5)17-10-7-11-18-19(17)21-12-20-18;1-4-6-7-8-10-9(3)5-2;1-3-2/h6-12H,1H2,2-5H3;9-10H,4-8H2,1-3H3;3H2,1-2H3/b8-6-,14-9+,16-15-;;. The number of nitrogens with one attached hydrogen (secondary N) is 1. The van der Waals surface area contributed by atoms with Crippen LogP contribution in [0.3, 0.4) is 0 Å². The van der Waals surface area contributed by atoms with Crippen LogP contribution >= 0.6 is 11.3 Å². The van der Waals surface area contributed by atoms with E-state index in [1.54, 1.807) is 11.3 Å². The maximum absolute atomic E-state index is 4.40. The zero-order valence-corrected chi connectivity index (χ0v) is 24.2. The fourth-order valence-electron chi connectivity index (χ4n) is 3.03. The molecule has 190 valence electrons. The van der Waals surface area contributed by atoms with Gasteiger partial charge in [-0.25, -0.2) is 4.98 Å². The van der Waals surface area contributed by atoms with Crippen LogP contribution < -0.4 is 5.32 Å². The van der Waals surface area contributed by atoms with Crippen LogP contribution in [0.1, 0.15) is 100.0 Å². The second kappa shape index (κ2) is 19.3. The monoisotopic (exact) mass is 482 g/mol. The number of unbranched alkanes of at least 4 members (excludes halogenated alkanes) is 2. The molecular weight excluding hydrogens is 432 g/mol. The van der Waals surface area contributed by atoms with Gasteiger partial charge in [-0.2, -0.15) is 0 Å². The molecule has 0 aliphatic heterocycles. The average Bonchev–Trinajstić information content (AvgIpc) is 3.30. The SMILES string of the molecule is C=C(C)\C=C/C=C(C)/C(C)=C(/C)c1cccc2ncsc12.CCC.CCCCCNC(C)CC. The highest BCUT2D eigenvalue weighted by atomic mass is 32.1. The Morgan fingerprint density at radius 2 is 1.76 bits per heavy atom. The number of aromatic nitrogens is 1. The minimum Gasteiger partial charge on any atom is -0.314 e. The Bertz CT molecular complexity index is 914. The van der Waals surface area contributed by atoms with Gasteiger partial charge in [0.15, 0.2) is 0 Å². The fraction of sp³-hybridized carbons (Fsp3) is 0.516. The Morgan fingerprint density at radius 3 is 2.35 bits per heavy atom. The van der Waals surface area contributed by atoms with Crippen molar-refractivity contribution in [1.82, 2.24) is 10.3 Å². The smallest absolute Gasteiger partial charge is 0.0818 e. The summed E-state index contributed by atoms with van der Waals surface area (Å²) in [6.07, 6.45) is 12.7. The first kappa shape index (κ1) is 32.0. The van der Waals surface area contributed by atoms with Gasteiger partial charge in [0, 0.05) is 6.04 Å². The first-order valence-corrected chi connectivity index (χ1v) is 13.8. The summed E-state index contributed by atoms with van der Waals surface area (Å²) in [6.45, 7) is 24.5. The minimum absolute atomic E-state index is 0.705. The van der Waals surface area contributed by atoms with Gasteiger partial charge in [0.2, 0.25) is 0 Å². The van der Waals surface area contributed by atoms with Crippen molar-refractivity contribution in [2.24, 2.45) is 0 Å². The van der Waals surface area contributed by atoms with E-state index in [4.69, 9.17) is 0 Å². The molecule has 1 aromatic heterocycles. The summed E-state index contributed by atoms with van der Waals surface area (Å²) in [5.41, 5.74) is 9.22. The Labute approximate surface area is 215 Å². The number of allylic oxidation sites excluding steroid dienone is 7. The third kappa shape index (κ3) is 13.1. The van der Waals surface area contributed by atoms with Gasteiger partial charge in [0.1, 0.15) is 0 Å². The van der Waals surface area contributed by atoms with Gasteiger partial charge in [-0.05, 0) is 82.4 Å². The summed E-state index contributed by atoms with van der Waals surface area (Å²) in [5.74, 6) is 0. The van der Waals surface area contributed by atoms with Crippen LogP contribution in [0.15, 0.2) is 65.2 Å². The van der Waals surface area contributed by atoms with Crippen molar-refractivity contribution >= 4 is 27.1 Å². The second-order valence-electron chi connectivity index (χ2n) is 8.99. The van der Waals surface area contributed by atoms with E-state index in [2.05, 4.69) is 103 Å². The molecule has 2 nitrogen and oxygen atoms in total. The lowest BCUT2D eigenvalue weighted by Crippen LogP contribution is -2.25. The molecule has 0 amide bonds. The minimum atomic E-state index is 0.705. The lowest BCUT2D eigenvalue weighted by molar-refractivity contribution is 0.514. The highest BCUT2D eigenvalue weighted by Gasteiger charge is 2.08. The summed E-state index contributed by atoms with van der Waals surface area (Å²) >= 11 is 1.70. The second-order valence-corrected chi connectivity index (χ2v) is 9.84. The van der Waals surface area contributed by atoms with Crippen LogP contribution in [0.5, 0.6) is 0 Å². The Kier molecular flexibility index (Phi) is 18.2. The molecule has 1 aromatic carbocycles. The van der Waals surface area contributed by atoms with Crippen molar-refractivity contribution in [3.05, 3.63) is 70.8 Å². The predicted molar refractivity (Wildman–Crippen MR) is 159 cm³/mol. The van der Waals surface area contributed by atoms with Gasteiger partial charge >= 0.3 is 0 Å². The summed E-state index contributed by atoms with van der Waals surface area (Å²) in [4.78, 5) is 4.40. The van der Waals surface area contributed by atoms with E-state index in [0.717, 1.165) is 11.1 Å². The number of nitrogens with zero attached hydrogens (tertiary/aromatic N) is 1. The summed E-state index contributed by atoms with van der Waals surface area (Å²) in [7, 11) is 0. The summed E-state index contributed by atoms with van der Waals surface area (Å²) < 4.78 is 1.26. The molecule has 0 saturated heterocycles. The van der Waals surface area contributed by atoms with Gasteiger partial charge < -0.3 is 5.32 Å². The van der Waals surface area contributed by atoms with E-state index >= 15 is 0 Å². The van der Waals surface area contributed by atoms with Crippen molar-refractivity contribution in [3.63, 3.8) is 0 Å². The van der Waals surface area contributed by atoms with Gasteiger partial charge in [0.25, 0.3) is 0 Å². The van der Waals surface area contributed by atoms with E-state index in [9.17, 15) is 0 Å². The molecule has 1 N–H and O–H groups in total. The highest BCUT2D eigenvalue weighted by molar-refractivity contribution is 7.17. The number of rotatable bonds is 10. The lowest BCUT2D eigenvalue weighted by Gasteiger charge is -2.09. The van der Waals surface area contributed by atoms with Crippen molar-refractivity contribution in [2.45, 2.75) is 100 Å². The van der Waals surface area contributed by atoms with Crippen molar-refractivity contribution < 1.29 is 0 Å². The predicted octanol–water partition coefficient (Wildman–Crippen LogP) is 10.1. The average molecular weight is 483 g/mol. The first-order valence-electron chi connectivity index (χ1n) is 13.0. The highest BCUT2D eigenvalue weighted by Crippen LogP contribution is 2.31. The number of hydrogen-bond donors (Lipinski definition) is 1. The molecule has 2 rings (SSSR count). The van der Waals surface area contributed by atoms with Crippen LogP contribution in [0, 0.1) is 0 Å². The lowest BCUT2D eigenvalue weighted by atomic mass is 9.97. The molecular formula is C31H50N2S. The number of hydrogen-bond acceptors (Lipinski definition) is 3. The van der Waals surface area contributed by atoms with E-state index in [-0.39, 0.29) is 0 Å². The molecule has 0 bridgehead atoms. The van der Waals surface area contributed by atoms with Crippen LogP contribution in [-0.4, -0.2) is 17.6 Å². The summed E-state index contributed by atoms with van der Waals surface area (Å²) in [5, 5.41) is 3.47. The van der Waals surface area contributed by atoms with Gasteiger partial charge in [0.05, 0.1) is 15.7 Å². The largest absolute Gasteiger partial charge is 0.314 e. The van der Waals surface area contributed by atoms with Crippen molar-refractivity contribution in [2.75, 3.05) is 6.54 Å². The van der Waals surface area contributed by atoms with Gasteiger partial charge in [-0.3, -0.25) is 0 Å². The molecule has 0 saturated carbocycles. The van der Waals surface area contributed by atoms with E-state index in [1.165, 1.54) is 65.6 Å². The van der Waals surface area contributed by atoms with Crippen LogP contribution in [0.4, 0.5) is 0 Å². The normalized spacial score (nSPS) is 13.0.